The topological polar surface area (TPSA) is 29.5 Å². The molecule has 0 fully saturated rings. The van der Waals surface area contributed by atoms with Crippen molar-refractivity contribution in [2.45, 2.75) is 6.10 Å². The van der Waals surface area contributed by atoms with Crippen LogP contribution in [0.15, 0.2) is 30.3 Å². The van der Waals surface area contributed by atoms with Crippen LogP contribution in [0.3, 0.4) is 0 Å². The highest BCUT2D eigenvalue weighted by atomic mass is 19.2. The van der Waals surface area contributed by atoms with Crippen molar-refractivity contribution in [1.82, 2.24) is 0 Å². The van der Waals surface area contributed by atoms with Crippen molar-refractivity contribution < 1.29 is 27.4 Å². The zero-order chi connectivity index (χ0) is 14.9. The number of aliphatic hydroxyl groups excluding tert-OH is 1. The molecule has 0 saturated heterocycles. The summed E-state index contributed by atoms with van der Waals surface area (Å²) in [5, 5.41) is 9.96. The molecule has 2 aromatic rings. The number of halogens is 4. The molecule has 0 aliphatic rings. The molecule has 0 aliphatic heterocycles. The Bertz CT molecular complexity index is 643. The molecule has 0 aliphatic carbocycles. The van der Waals surface area contributed by atoms with Gasteiger partial charge in [-0.1, -0.05) is 18.2 Å². The molecule has 106 valence electrons. The van der Waals surface area contributed by atoms with E-state index in [0.717, 1.165) is 6.07 Å². The van der Waals surface area contributed by atoms with Crippen LogP contribution >= 0.6 is 0 Å². The molecule has 20 heavy (non-hydrogen) atoms. The van der Waals surface area contributed by atoms with Gasteiger partial charge >= 0.3 is 0 Å². The van der Waals surface area contributed by atoms with Crippen LogP contribution in [-0.2, 0) is 0 Å². The second-order valence-corrected chi connectivity index (χ2v) is 4.03. The highest BCUT2D eigenvalue weighted by Gasteiger charge is 2.23. The Hall–Kier alpha value is -2.08. The molecule has 2 rings (SSSR count). The standard InChI is InChI=1S/C14H10F4O2/c1-20-10-4-2-3-7(11(10)16)14(19)8-5-6-9(15)13(18)12(8)17/h2-6,14,19H,1H3. The van der Waals surface area contributed by atoms with E-state index in [9.17, 15) is 22.7 Å². The molecule has 2 aromatic carbocycles. The van der Waals surface area contributed by atoms with Crippen molar-refractivity contribution in [2.75, 3.05) is 7.11 Å². The average Bonchev–Trinajstić information content (AvgIpc) is 2.44. The Kier molecular flexibility index (Phi) is 3.94. The first-order chi connectivity index (χ1) is 9.47. The summed E-state index contributed by atoms with van der Waals surface area (Å²) in [5.41, 5.74) is -0.856. The van der Waals surface area contributed by atoms with E-state index >= 15 is 0 Å². The lowest BCUT2D eigenvalue weighted by Gasteiger charge is -2.15. The van der Waals surface area contributed by atoms with Gasteiger partial charge in [0.15, 0.2) is 29.0 Å². The van der Waals surface area contributed by atoms with Crippen molar-refractivity contribution in [2.24, 2.45) is 0 Å². The van der Waals surface area contributed by atoms with Gasteiger partial charge in [0.05, 0.1) is 7.11 Å². The molecule has 0 amide bonds. The predicted octanol–water partition coefficient (Wildman–Crippen LogP) is 3.33. The van der Waals surface area contributed by atoms with E-state index in [2.05, 4.69) is 0 Å². The number of rotatable bonds is 3. The van der Waals surface area contributed by atoms with Crippen LogP contribution in [0, 0.1) is 23.3 Å². The van der Waals surface area contributed by atoms with Gasteiger partial charge in [-0.15, -0.1) is 0 Å². The molecular formula is C14H10F4O2. The van der Waals surface area contributed by atoms with E-state index in [0.29, 0.717) is 6.07 Å². The third-order valence-corrected chi connectivity index (χ3v) is 2.87. The lowest BCUT2D eigenvalue weighted by atomic mass is 10.00. The van der Waals surface area contributed by atoms with E-state index in [1.807, 2.05) is 0 Å². The highest BCUT2D eigenvalue weighted by molar-refractivity contribution is 5.37. The van der Waals surface area contributed by atoms with Crippen LogP contribution < -0.4 is 4.74 Å². The third kappa shape index (κ3) is 2.34. The number of ether oxygens (including phenoxy) is 1. The maximum absolute atomic E-state index is 13.9. The minimum absolute atomic E-state index is 0.149. The van der Waals surface area contributed by atoms with E-state index in [1.54, 1.807) is 0 Å². The Balaban J connectivity index is 2.52. The number of methoxy groups -OCH3 is 1. The second kappa shape index (κ2) is 5.50. The number of hydrogen-bond donors (Lipinski definition) is 1. The molecule has 0 saturated carbocycles. The zero-order valence-electron chi connectivity index (χ0n) is 10.3. The van der Waals surface area contributed by atoms with Crippen molar-refractivity contribution in [3.8, 4) is 5.75 Å². The highest BCUT2D eigenvalue weighted by Crippen LogP contribution is 2.31. The molecule has 1 N–H and O–H groups in total. The van der Waals surface area contributed by atoms with Crippen molar-refractivity contribution in [3.63, 3.8) is 0 Å². The maximum Gasteiger partial charge on any atom is 0.194 e. The van der Waals surface area contributed by atoms with Gasteiger partial charge < -0.3 is 9.84 Å². The monoisotopic (exact) mass is 286 g/mol. The molecule has 0 heterocycles. The molecule has 0 aromatic heterocycles. The Morgan fingerprint density at radius 1 is 0.900 bits per heavy atom. The fraction of sp³-hybridized carbons (Fsp3) is 0.143. The second-order valence-electron chi connectivity index (χ2n) is 4.03. The minimum Gasteiger partial charge on any atom is -0.494 e. The molecule has 0 radical (unpaired) electrons. The van der Waals surface area contributed by atoms with Gasteiger partial charge in [-0.25, -0.2) is 17.6 Å². The average molecular weight is 286 g/mol. The minimum atomic E-state index is -1.78. The SMILES string of the molecule is COc1cccc(C(O)c2ccc(F)c(F)c2F)c1F. The predicted molar refractivity (Wildman–Crippen MR) is 63.3 cm³/mol. The Morgan fingerprint density at radius 2 is 1.55 bits per heavy atom. The van der Waals surface area contributed by atoms with Gasteiger partial charge in [0.1, 0.15) is 6.10 Å². The van der Waals surface area contributed by atoms with Crippen LogP contribution in [0.1, 0.15) is 17.2 Å². The fourth-order valence-electron chi connectivity index (χ4n) is 1.82. The molecule has 0 bridgehead atoms. The fourth-order valence-corrected chi connectivity index (χ4v) is 1.82. The summed E-state index contributed by atoms with van der Waals surface area (Å²) in [6, 6.07) is 5.42. The molecule has 2 nitrogen and oxygen atoms in total. The molecule has 1 atom stereocenters. The van der Waals surface area contributed by atoms with Crippen LogP contribution in [0.4, 0.5) is 17.6 Å². The van der Waals surface area contributed by atoms with Gasteiger partial charge in [0.25, 0.3) is 0 Å². The van der Waals surface area contributed by atoms with E-state index < -0.39 is 34.9 Å². The first-order valence-corrected chi connectivity index (χ1v) is 5.61. The van der Waals surface area contributed by atoms with E-state index in [-0.39, 0.29) is 11.3 Å². The third-order valence-electron chi connectivity index (χ3n) is 2.87. The largest absolute Gasteiger partial charge is 0.494 e. The Labute approximate surface area is 112 Å². The summed E-state index contributed by atoms with van der Waals surface area (Å²) in [6.07, 6.45) is -1.78. The van der Waals surface area contributed by atoms with Crippen LogP contribution in [0.5, 0.6) is 5.75 Å². The first-order valence-electron chi connectivity index (χ1n) is 5.61. The van der Waals surface area contributed by atoms with Crippen molar-refractivity contribution >= 4 is 0 Å². The molecular weight excluding hydrogens is 276 g/mol. The van der Waals surface area contributed by atoms with Crippen LogP contribution in [0.2, 0.25) is 0 Å². The zero-order valence-corrected chi connectivity index (χ0v) is 10.3. The van der Waals surface area contributed by atoms with Gasteiger partial charge in [0, 0.05) is 11.1 Å². The van der Waals surface area contributed by atoms with Crippen LogP contribution in [-0.4, -0.2) is 12.2 Å². The van der Waals surface area contributed by atoms with E-state index in [4.69, 9.17) is 4.74 Å². The number of hydrogen-bond acceptors (Lipinski definition) is 2. The lowest BCUT2D eigenvalue weighted by molar-refractivity contribution is 0.206. The van der Waals surface area contributed by atoms with Gasteiger partial charge in [-0.3, -0.25) is 0 Å². The summed E-state index contributed by atoms with van der Waals surface area (Å²) in [4.78, 5) is 0. The number of benzene rings is 2. The summed E-state index contributed by atoms with van der Waals surface area (Å²) < 4.78 is 58.2. The number of aliphatic hydroxyl groups is 1. The maximum atomic E-state index is 13.9. The molecule has 0 spiro atoms. The quantitative estimate of drug-likeness (QED) is 0.692. The van der Waals surface area contributed by atoms with Gasteiger partial charge in [-0.05, 0) is 12.1 Å². The van der Waals surface area contributed by atoms with E-state index in [1.165, 1.54) is 25.3 Å². The normalized spacial score (nSPS) is 12.3. The van der Waals surface area contributed by atoms with Crippen molar-refractivity contribution in [3.05, 3.63) is 64.7 Å². The summed E-state index contributed by atoms with van der Waals surface area (Å²) in [7, 11) is 1.23. The Morgan fingerprint density at radius 3 is 2.20 bits per heavy atom. The van der Waals surface area contributed by atoms with Crippen LogP contribution in [0.25, 0.3) is 0 Å². The lowest BCUT2D eigenvalue weighted by Crippen LogP contribution is -2.08. The van der Waals surface area contributed by atoms with Gasteiger partial charge in [0.2, 0.25) is 0 Å². The summed E-state index contributed by atoms with van der Waals surface area (Å²) in [6.45, 7) is 0. The summed E-state index contributed by atoms with van der Waals surface area (Å²) >= 11 is 0. The van der Waals surface area contributed by atoms with Gasteiger partial charge in [-0.2, -0.15) is 0 Å². The van der Waals surface area contributed by atoms with Crippen molar-refractivity contribution in [1.29, 1.82) is 0 Å². The summed E-state index contributed by atoms with van der Waals surface area (Å²) in [5.74, 6) is -5.70. The smallest absolute Gasteiger partial charge is 0.194 e. The molecule has 1 unspecified atom stereocenters. The first kappa shape index (κ1) is 14.3. The molecule has 6 heteroatoms.